The monoisotopic (exact) mass is 285 g/mol. The Morgan fingerprint density at radius 3 is 2.48 bits per heavy atom. The maximum Gasteiger partial charge on any atom is 0.293 e. The molecule has 0 spiro atoms. The van der Waals surface area contributed by atoms with Gasteiger partial charge in [-0.2, -0.15) is 0 Å². The fourth-order valence-corrected chi connectivity index (χ4v) is 2.02. The number of nitrogens with zero attached hydrogens (tertiary/aromatic N) is 1. The number of nitro groups is 1. The van der Waals surface area contributed by atoms with Crippen molar-refractivity contribution in [1.29, 1.82) is 0 Å². The van der Waals surface area contributed by atoms with Crippen LogP contribution in [0.5, 0.6) is 0 Å². The summed E-state index contributed by atoms with van der Waals surface area (Å²) in [5.74, 6) is -0.694. The van der Waals surface area contributed by atoms with Gasteiger partial charge in [0.05, 0.1) is 4.92 Å². The van der Waals surface area contributed by atoms with E-state index in [-0.39, 0.29) is 17.3 Å². The summed E-state index contributed by atoms with van der Waals surface area (Å²) in [5.41, 5.74) is 6.44. The van der Waals surface area contributed by atoms with Crippen LogP contribution in [0.3, 0.4) is 0 Å². The molecule has 0 fully saturated rings. The number of primary amides is 1. The average Bonchev–Trinajstić information content (AvgIpc) is 2.48. The van der Waals surface area contributed by atoms with Crippen molar-refractivity contribution >= 4 is 17.3 Å². The molecule has 6 nitrogen and oxygen atoms in total. The van der Waals surface area contributed by atoms with Crippen LogP contribution in [0.25, 0.3) is 0 Å². The molecule has 0 bridgehead atoms. The number of hydrogen-bond acceptors (Lipinski definition) is 4. The van der Waals surface area contributed by atoms with Crippen LogP contribution >= 0.6 is 0 Å². The number of nitrogens with one attached hydrogen (secondary N) is 1. The molecule has 6 heteroatoms. The highest BCUT2D eigenvalue weighted by molar-refractivity contribution is 5.94. The molecule has 0 aromatic heterocycles. The highest BCUT2D eigenvalue weighted by Gasteiger charge is 2.18. The third kappa shape index (κ3) is 3.36. The van der Waals surface area contributed by atoms with E-state index in [0.29, 0.717) is 5.69 Å². The zero-order valence-electron chi connectivity index (χ0n) is 11.4. The predicted octanol–water partition coefficient (Wildman–Crippen LogP) is 2.87. The first-order valence-electron chi connectivity index (χ1n) is 6.38. The Morgan fingerprint density at radius 2 is 1.90 bits per heavy atom. The van der Waals surface area contributed by atoms with E-state index in [1.54, 1.807) is 0 Å². The quantitative estimate of drug-likeness (QED) is 0.651. The van der Waals surface area contributed by atoms with E-state index in [0.717, 1.165) is 5.56 Å². The van der Waals surface area contributed by atoms with E-state index in [4.69, 9.17) is 5.73 Å². The highest BCUT2D eigenvalue weighted by Crippen LogP contribution is 2.29. The summed E-state index contributed by atoms with van der Waals surface area (Å²) in [5, 5.41) is 14.2. The normalized spacial score (nSPS) is 11.7. The number of carbonyl (C=O) groups is 1. The third-order valence-electron chi connectivity index (χ3n) is 3.15. The van der Waals surface area contributed by atoms with Gasteiger partial charge in [0.25, 0.3) is 5.69 Å². The first-order chi connectivity index (χ1) is 9.99. The van der Waals surface area contributed by atoms with Gasteiger partial charge < -0.3 is 11.1 Å². The van der Waals surface area contributed by atoms with Crippen LogP contribution in [-0.2, 0) is 0 Å². The van der Waals surface area contributed by atoms with E-state index in [9.17, 15) is 14.9 Å². The van der Waals surface area contributed by atoms with Crippen LogP contribution in [0.2, 0.25) is 0 Å². The maximum absolute atomic E-state index is 11.1. The Balaban J connectivity index is 2.31. The second-order valence-corrected chi connectivity index (χ2v) is 4.63. The standard InChI is InChI=1S/C15H15N3O3/c1-10(11-5-3-2-4-6-11)17-13-8-7-12(15(16)19)9-14(13)18(20)21/h2-10,17H,1H3,(H2,16,19)/t10-/m0/s1. The smallest absolute Gasteiger partial charge is 0.293 e. The molecule has 3 N–H and O–H groups in total. The third-order valence-corrected chi connectivity index (χ3v) is 3.15. The number of rotatable bonds is 5. The van der Waals surface area contributed by atoms with Crippen LogP contribution < -0.4 is 11.1 Å². The van der Waals surface area contributed by atoms with Gasteiger partial charge in [0.15, 0.2) is 0 Å². The molecule has 2 aromatic rings. The first kappa shape index (κ1) is 14.5. The van der Waals surface area contributed by atoms with Crippen LogP contribution in [0.15, 0.2) is 48.5 Å². The number of amides is 1. The summed E-state index contributed by atoms with van der Waals surface area (Å²) in [6.07, 6.45) is 0. The largest absolute Gasteiger partial charge is 0.373 e. The number of carbonyl (C=O) groups excluding carboxylic acids is 1. The van der Waals surface area contributed by atoms with Crippen molar-refractivity contribution in [2.45, 2.75) is 13.0 Å². The summed E-state index contributed by atoms with van der Waals surface area (Å²) in [7, 11) is 0. The molecular weight excluding hydrogens is 270 g/mol. The highest BCUT2D eigenvalue weighted by atomic mass is 16.6. The zero-order valence-corrected chi connectivity index (χ0v) is 11.4. The van der Waals surface area contributed by atoms with E-state index in [1.807, 2.05) is 37.3 Å². The van der Waals surface area contributed by atoms with Gasteiger partial charge in [-0.3, -0.25) is 14.9 Å². The van der Waals surface area contributed by atoms with Crippen LogP contribution in [-0.4, -0.2) is 10.8 Å². The number of benzene rings is 2. The lowest BCUT2D eigenvalue weighted by atomic mass is 10.1. The topological polar surface area (TPSA) is 98.3 Å². The maximum atomic E-state index is 11.1. The molecule has 108 valence electrons. The molecule has 2 aromatic carbocycles. The molecule has 1 atom stereocenters. The van der Waals surface area contributed by atoms with Crippen LogP contribution in [0.1, 0.15) is 28.9 Å². The molecule has 0 aliphatic heterocycles. The minimum absolute atomic E-state index is 0.107. The molecule has 0 unspecified atom stereocenters. The van der Waals surface area contributed by atoms with E-state index >= 15 is 0 Å². The summed E-state index contributed by atoms with van der Waals surface area (Å²) < 4.78 is 0. The minimum Gasteiger partial charge on any atom is -0.373 e. The minimum atomic E-state index is -0.694. The van der Waals surface area contributed by atoms with Gasteiger partial charge in [0.2, 0.25) is 5.91 Å². The van der Waals surface area contributed by atoms with E-state index < -0.39 is 10.8 Å². The summed E-state index contributed by atoms with van der Waals surface area (Å²) in [6.45, 7) is 1.90. The Morgan fingerprint density at radius 1 is 1.24 bits per heavy atom. The molecule has 1 amide bonds. The van der Waals surface area contributed by atoms with Gasteiger partial charge in [-0.25, -0.2) is 0 Å². The molecule has 0 aliphatic rings. The van der Waals surface area contributed by atoms with Gasteiger partial charge in [0.1, 0.15) is 5.69 Å². The van der Waals surface area contributed by atoms with E-state index in [2.05, 4.69) is 5.32 Å². The van der Waals surface area contributed by atoms with Crippen molar-refractivity contribution in [1.82, 2.24) is 0 Å². The van der Waals surface area contributed by atoms with Gasteiger partial charge in [-0.1, -0.05) is 30.3 Å². The molecule has 0 saturated carbocycles. The lowest BCUT2D eigenvalue weighted by molar-refractivity contribution is -0.384. The average molecular weight is 285 g/mol. The van der Waals surface area contributed by atoms with Gasteiger partial charge in [-0.05, 0) is 24.6 Å². The van der Waals surface area contributed by atoms with Crippen molar-refractivity contribution in [3.8, 4) is 0 Å². The number of nitrogens with two attached hydrogens (primary N) is 1. The van der Waals surface area contributed by atoms with Crippen molar-refractivity contribution < 1.29 is 9.72 Å². The molecule has 21 heavy (non-hydrogen) atoms. The van der Waals surface area contributed by atoms with Crippen LogP contribution in [0.4, 0.5) is 11.4 Å². The lowest BCUT2D eigenvalue weighted by Crippen LogP contribution is -2.13. The summed E-state index contributed by atoms with van der Waals surface area (Å²) in [4.78, 5) is 21.7. The summed E-state index contributed by atoms with van der Waals surface area (Å²) >= 11 is 0. The van der Waals surface area contributed by atoms with Crippen molar-refractivity contribution in [3.63, 3.8) is 0 Å². The Labute approximate surface area is 121 Å². The Kier molecular flexibility index (Phi) is 4.18. The van der Waals surface area contributed by atoms with Crippen molar-refractivity contribution in [2.24, 2.45) is 5.73 Å². The van der Waals surface area contributed by atoms with Crippen molar-refractivity contribution in [2.75, 3.05) is 5.32 Å². The first-order valence-corrected chi connectivity index (χ1v) is 6.38. The second kappa shape index (κ2) is 6.04. The molecule has 0 heterocycles. The predicted molar refractivity (Wildman–Crippen MR) is 80.1 cm³/mol. The zero-order chi connectivity index (χ0) is 15.4. The summed E-state index contributed by atoms with van der Waals surface area (Å²) in [6, 6.07) is 13.6. The Bertz CT molecular complexity index is 671. The Hall–Kier alpha value is -2.89. The van der Waals surface area contributed by atoms with Crippen LogP contribution in [0, 0.1) is 10.1 Å². The number of nitro benzene ring substituents is 1. The SMILES string of the molecule is C[C@H](Nc1ccc(C(N)=O)cc1[N+](=O)[O-])c1ccccc1. The molecule has 2 rings (SSSR count). The second-order valence-electron chi connectivity index (χ2n) is 4.63. The molecule has 0 radical (unpaired) electrons. The van der Waals surface area contributed by atoms with Gasteiger partial charge in [0, 0.05) is 17.7 Å². The molecular formula is C15H15N3O3. The number of anilines is 1. The number of hydrogen-bond donors (Lipinski definition) is 2. The molecule has 0 saturated heterocycles. The van der Waals surface area contributed by atoms with Gasteiger partial charge >= 0.3 is 0 Å². The van der Waals surface area contributed by atoms with Crippen molar-refractivity contribution in [3.05, 3.63) is 69.8 Å². The lowest BCUT2D eigenvalue weighted by Gasteiger charge is -2.16. The van der Waals surface area contributed by atoms with E-state index in [1.165, 1.54) is 18.2 Å². The molecule has 0 aliphatic carbocycles. The van der Waals surface area contributed by atoms with Gasteiger partial charge in [-0.15, -0.1) is 0 Å². The fraction of sp³-hybridized carbons (Fsp3) is 0.133. The fourth-order valence-electron chi connectivity index (χ4n) is 2.02.